The van der Waals surface area contributed by atoms with Crippen LogP contribution in [0.25, 0.3) is 33.1 Å². The van der Waals surface area contributed by atoms with Crippen LogP contribution in [-0.2, 0) is 14.3 Å². The van der Waals surface area contributed by atoms with Crippen LogP contribution in [0.5, 0.6) is 23.0 Å². The molecule has 2 heterocycles. The Morgan fingerprint density at radius 3 is 2.36 bits per heavy atom. The highest BCUT2D eigenvalue weighted by atomic mass is 35.5. The number of aliphatic hydroxyl groups is 2. The molecule has 4 atom stereocenters. The van der Waals surface area contributed by atoms with E-state index in [1.54, 1.807) is 0 Å². The van der Waals surface area contributed by atoms with E-state index in [4.69, 9.17) is 35.0 Å². The van der Waals surface area contributed by atoms with Gasteiger partial charge in [-0.1, -0.05) is 17.7 Å². The van der Waals surface area contributed by atoms with Gasteiger partial charge in [-0.3, -0.25) is 14.4 Å². The number of methoxy groups -OCH3 is 3. The quantitative estimate of drug-likeness (QED) is 0.0945. The van der Waals surface area contributed by atoms with Gasteiger partial charge >= 0.3 is 5.97 Å². The molecular formula is C33H30ClNO12. The van der Waals surface area contributed by atoms with E-state index < -0.39 is 70.1 Å². The first-order valence-corrected chi connectivity index (χ1v) is 14.7. The van der Waals surface area contributed by atoms with Crippen LogP contribution >= 0.6 is 11.6 Å². The smallest absolute Gasteiger partial charge is 0.311 e. The van der Waals surface area contributed by atoms with Crippen LogP contribution in [0.4, 0.5) is 0 Å². The normalized spacial score (nSPS) is 20.1. The number of fused-ring (bicyclic) bond motifs is 6. The molecular weight excluding hydrogens is 638 g/mol. The van der Waals surface area contributed by atoms with Gasteiger partial charge in [0.15, 0.2) is 34.6 Å². The minimum atomic E-state index is -1.71. The molecule has 0 spiro atoms. The molecule has 4 N–H and O–H groups in total. The molecule has 0 fully saturated rings. The first kappa shape index (κ1) is 32.3. The van der Waals surface area contributed by atoms with E-state index in [2.05, 4.69) is 6.58 Å². The summed E-state index contributed by atoms with van der Waals surface area (Å²) in [5, 5.41) is 46.2. The van der Waals surface area contributed by atoms with E-state index in [0.29, 0.717) is 0 Å². The maximum Gasteiger partial charge on any atom is 0.311 e. The van der Waals surface area contributed by atoms with Crippen molar-refractivity contribution in [3.8, 4) is 34.1 Å². The summed E-state index contributed by atoms with van der Waals surface area (Å²) in [4.78, 5) is 42.1. The molecule has 14 heteroatoms. The molecule has 4 aromatic rings. The number of hydrogen-bond donors (Lipinski definition) is 4. The number of esters is 1. The third-order valence-corrected chi connectivity index (χ3v) is 8.93. The lowest BCUT2D eigenvalue weighted by atomic mass is 9.76. The molecule has 3 aromatic carbocycles. The number of allylic oxidation sites excluding steroid dienone is 1. The Morgan fingerprint density at radius 2 is 1.72 bits per heavy atom. The van der Waals surface area contributed by atoms with Gasteiger partial charge in [0, 0.05) is 49.9 Å². The van der Waals surface area contributed by atoms with E-state index in [-0.39, 0.29) is 68.0 Å². The lowest BCUT2D eigenvalue weighted by Gasteiger charge is -2.39. The summed E-state index contributed by atoms with van der Waals surface area (Å²) in [5.41, 5.74) is -2.39. The Hall–Kier alpha value is -4.66. The van der Waals surface area contributed by atoms with Gasteiger partial charge in [0.25, 0.3) is 5.91 Å². The molecule has 0 bridgehead atoms. The van der Waals surface area contributed by atoms with Gasteiger partial charge in [0.1, 0.15) is 29.4 Å². The molecule has 0 saturated heterocycles. The Labute approximate surface area is 271 Å². The lowest BCUT2D eigenvalue weighted by molar-refractivity contribution is -0.134. The molecule has 4 unspecified atom stereocenters. The summed E-state index contributed by atoms with van der Waals surface area (Å²) in [6.07, 6.45) is -4.00. The SMILES string of the molecule is C=CCCC(=O)Oc1c2c(c(O)c3oc4c(OC)c(Cl)ccc4c(=O)c13)C(O)C(OC)c1cc3c(c(O)c1-2)C(=O)N(C)C(OC)C3O. The van der Waals surface area contributed by atoms with E-state index in [9.17, 15) is 34.8 Å². The summed E-state index contributed by atoms with van der Waals surface area (Å²) in [6.45, 7) is 3.61. The maximum atomic E-state index is 14.2. The first-order valence-electron chi connectivity index (χ1n) is 14.4. The van der Waals surface area contributed by atoms with Crippen molar-refractivity contribution < 1.29 is 53.4 Å². The number of likely N-dealkylation sites (N-methyl/N-ethyl adjacent to an activating group) is 1. The van der Waals surface area contributed by atoms with Crippen LogP contribution in [0.15, 0.2) is 40.1 Å². The Balaban J connectivity index is 1.81. The topological polar surface area (TPSA) is 185 Å². The minimum Gasteiger partial charge on any atom is -0.506 e. The predicted molar refractivity (Wildman–Crippen MR) is 168 cm³/mol. The van der Waals surface area contributed by atoms with Crippen LogP contribution in [0.1, 0.15) is 58.2 Å². The standard InChI is InChI=1S/C33H30ClNO12/c1-6-7-8-16(36)46-30-19-17-14(11-13-18(24(17)39)32(42)35(2)33(45-5)23(13)38)27(43-3)25(40)20(19)26(41)31-21(30)22(37)12-9-10-15(34)29(44-4)28(12)47-31/h6,9-11,23,25,27,33,38-41H,1,7-8H2,2-5H3. The maximum absolute atomic E-state index is 14.2. The van der Waals surface area contributed by atoms with Gasteiger partial charge in [-0.05, 0) is 30.2 Å². The highest BCUT2D eigenvalue weighted by Gasteiger charge is 2.46. The Bertz CT molecular complexity index is 2070. The number of ether oxygens (including phenoxy) is 4. The molecule has 1 amide bonds. The van der Waals surface area contributed by atoms with Gasteiger partial charge < -0.3 is 48.7 Å². The van der Waals surface area contributed by atoms with E-state index in [1.807, 2.05) is 0 Å². The number of aliphatic hydroxyl groups excluding tert-OH is 2. The van der Waals surface area contributed by atoms with Crippen molar-refractivity contribution in [3.63, 3.8) is 0 Å². The lowest BCUT2D eigenvalue weighted by Crippen LogP contribution is -2.47. The molecule has 0 saturated carbocycles. The molecule has 13 nitrogen and oxygen atoms in total. The van der Waals surface area contributed by atoms with E-state index >= 15 is 0 Å². The van der Waals surface area contributed by atoms with Crippen LogP contribution in [0, 0.1) is 0 Å². The summed E-state index contributed by atoms with van der Waals surface area (Å²) in [7, 11) is 5.25. The third-order valence-electron chi connectivity index (χ3n) is 8.63. The van der Waals surface area contributed by atoms with Gasteiger partial charge in [0.05, 0.1) is 23.1 Å². The molecule has 6 rings (SSSR count). The summed E-state index contributed by atoms with van der Waals surface area (Å²) in [6, 6.07) is 4.14. The van der Waals surface area contributed by atoms with Gasteiger partial charge in [-0.15, -0.1) is 6.58 Å². The largest absolute Gasteiger partial charge is 0.506 e. The molecule has 246 valence electrons. The summed E-state index contributed by atoms with van der Waals surface area (Å²) in [5.74, 6) is -3.42. The number of aromatic hydroxyl groups is 2. The van der Waals surface area contributed by atoms with Crippen molar-refractivity contribution in [2.45, 2.75) is 37.4 Å². The molecule has 0 radical (unpaired) electrons. The summed E-state index contributed by atoms with van der Waals surface area (Å²) < 4.78 is 28.2. The average molecular weight is 668 g/mol. The number of rotatable bonds is 7. The number of hydrogen-bond acceptors (Lipinski definition) is 12. The van der Waals surface area contributed by atoms with E-state index in [0.717, 1.165) is 4.90 Å². The molecule has 1 aliphatic carbocycles. The first-order chi connectivity index (χ1) is 22.4. The molecule has 2 aliphatic rings. The number of halogens is 1. The van der Waals surface area contributed by atoms with Crippen molar-refractivity contribution in [3.05, 3.63) is 68.4 Å². The zero-order valence-corrected chi connectivity index (χ0v) is 26.4. The monoisotopic (exact) mass is 667 g/mol. The summed E-state index contributed by atoms with van der Waals surface area (Å²) >= 11 is 6.29. The van der Waals surface area contributed by atoms with Gasteiger partial charge in [-0.2, -0.15) is 0 Å². The second kappa shape index (κ2) is 11.9. The van der Waals surface area contributed by atoms with Crippen LogP contribution in [0.3, 0.4) is 0 Å². The Morgan fingerprint density at radius 1 is 1.00 bits per heavy atom. The van der Waals surface area contributed by atoms with E-state index in [1.165, 1.54) is 52.7 Å². The van der Waals surface area contributed by atoms with Crippen molar-refractivity contribution in [1.82, 2.24) is 4.90 Å². The van der Waals surface area contributed by atoms with Gasteiger partial charge in [0.2, 0.25) is 5.43 Å². The molecule has 47 heavy (non-hydrogen) atoms. The van der Waals surface area contributed by atoms with Crippen LogP contribution in [0.2, 0.25) is 5.02 Å². The van der Waals surface area contributed by atoms with Crippen molar-refractivity contribution in [2.75, 3.05) is 28.4 Å². The number of benzene rings is 3. The van der Waals surface area contributed by atoms with Crippen molar-refractivity contribution >= 4 is 45.4 Å². The fourth-order valence-electron chi connectivity index (χ4n) is 6.46. The average Bonchev–Trinajstić information content (AvgIpc) is 3.04. The second-order valence-corrected chi connectivity index (χ2v) is 11.5. The second-order valence-electron chi connectivity index (χ2n) is 11.1. The Kier molecular flexibility index (Phi) is 8.14. The van der Waals surface area contributed by atoms with Crippen LogP contribution in [-0.4, -0.2) is 71.8 Å². The minimum absolute atomic E-state index is 0.00898. The fourth-order valence-corrected chi connectivity index (χ4v) is 6.69. The number of phenols is 2. The zero-order valence-electron chi connectivity index (χ0n) is 25.6. The van der Waals surface area contributed by atoms with Crippen LogP contribution < -0.4 is 14.9 Å². The number of amides is 1. The number of nitrogens with zero attached hydrogens (tertiary/aromatic N) is 1. The highest BCUT2D eigenvalue weighted by molar-refractivity contribution is 6.33. The number of carbonyl (C=O) groups is 2. The van der Waals surface area contributed by atoms with Gasteiger partial charge in [-0.25, -0.2) is 0 Å². The fraction of sp³-hybridized carbons (Fsp3) is 0.303. The predicted octanol–water partition coefficient (Wildman–Crippen LogP) is 4.38. The van der Waals surface area contributed by atoms with Crippen molar-refractivity contribution in [1.29, 1.82) is 0 Å². The molecule has 1 aliphatic heterocycles. The van der Waals surface area contributed by atoms with Crippen molar-refractivity contribution in [2.24, 2.45) is 0 Å². The number of carbonyl (C=O) groups excluding carboxylic acids is 2. The highest BCUT2D eigenvalue weighted by Crippen LogP contribution is 2.59. The zero-order chi connectivity index (χ0) is 34.1. The third kappa shape index (κ3) is 4.57. The molecule has 1 aromatic heterocycles. The number of phenolic OH excluding ortho intramolecular Hbond substituents is 2.